The summed E-state index contributed by atoms with van der Waals surface area (Å²) in [4.78, 5) is 32.7. The van der Waals surface area contributed by atoms with Gasteiger partial charge in [-0.25, -0.2) is 4.98 Å². The van der Waals surface area contributed by atoms with Crippen LogP contribution in [-0.4, -0.2) is 34.5 Å². The van der Waals surface area contributed by atoms with Crippen molar-refractivity contribution in [3.05, 3.63) is 59.9 Å². The Hall–Kier alpha value is -3.15. The predicted molar refractivity (Wildman–Crippen MR) is 144 cm³/mol. The van der Waals surface area contributed by atoms with E-state index in [1.54, 1.807) is 0 Å². The molecule has 1 aliphatic heterocycles. The topological polar surface area (TPSA) is 67.2 Å². The van der Waals surface area contributed by atoms with Gasteiger partial charge in [0, 0.05) is 31.1 Å². The molecule has 0 bridgehead atoms. The number of aryl methyl sites for hydroxylation is 2. The van der Waals surface area contributed by atoms with Crippen LogP contribution in [0.3, 0.4) is 0 Å². The molecule has 1 N–H and O–H groups in total. The average molecular weight is 487 g/mol. The lowest BCUT2D eigenvalue weighted by molar-refractivity contribution is -0.126. The number of imidazole rings is 1. The fraction of sp³-hybridized carbons (Fsp3) is 0.500. The zero-order valence-electron chi connectivity index (χ0n) is 21.3. The van der Waals surface area contributed by atoms with Crippen LogP contribution in [0.15, 0.2) is 48.5 Å². The Morgan fingerprint density at radius 3 is 2.61 bits per heavy atom. The highest BCUT2D eigenvalue weighted by molar-refractivity contribution is 5.95. The van der Waals surface area contributed by atoms with Gasteiger partial charge >= 0.3 is 0 Å². The third kappa shape index (κ3) is 5.63. The molecule has 2 heterocycles. The van der Waals surface area contributed by atoms with E-state index in [-0.39, 0.29) is 17.7 Å². The summed E-state index contributed by atoms with van der Waals surface area (Å²) in [5, 5.41) is 3.14. The third-order valence-electron chi connectivity index (χ3n) is 7.79. The van der Waals surface area contributed by atoms with E-state index in [0.29, 0.717) is 6.54 Å². The fourth-order valence-corrected chi connectivity index (χ4v) is 5.81. The standard InChI is InChI=1S/C30H38N4O2/c35-29(33-21-11-15-23-12-6-8-17-26(23)33)22-34-27-18-9-7-16-25(27)32-28(34)19-5-2-10-20-31-30(36)24-13-3-1-4-14-24/h6-9,12,16-18,24H,1-5,10-11,13-15,19-22H2,(H,31,36). The first kappa shape index (κ1) is 24.5. The van der Waals surface area contributed by atoms with Gasteiger partial charge in [-0.05, 0) is 62.3 Å². The average Bonchev–Trinajstić information content (AvgIpc) is 3.27. The van der Waals surface area contributed by atoms with Gasteiger partial charge < -0.3 is 14.8 Å². The van der Waals surface area contributed by atoms with Crippen molar-refractivity contribution in [1.82, 2.24) is 14.9 Å². The predicted octanol–water partition coefficient (Wildman–Crippen LogP) is 5.43. The quantitative estimate of drug-likeness (QED) is 0.411. The van der Waals surface area contributed by atoms with Gasteiger partial charge in [-0.1, -0.05) is 56.0 Å². The second-order valence-corrected chi connectivity index (χ2v) is 10.3. The Labute approximate surface area is 214 Å². The molecule has 0 spiro atoms. The monoisotopic (exact) mass is 486 g/mol. The van der Waals surface area contributed by atoms with Crippen LogP contribution in [0.5, 0.6) is 0 Å². The van der Waals surface area contributed by atoms with Crippen molar-refractivity contribution in [2.45, 2.75) is 77.2 Å². The fourth-order valence-electron chi connectivity index (χ4n) is 5.81. The highest BCUT2D eigenvalue weighted by atomic mass is 16.2. The number of hydrogen-bond acceptors (Lipinski definition) is 3. The first-order chi connectivity index (χ1) is 17.7. The Kier molecular flexibility index (Phi) is 7.99. The van der Waals surface area contributed by atoms with Crippen LogP contribution in [0.4, 0.5) is 5.69 Å². The maximum atomic E-state index is 13.5. The zero-order valence-corrected chi connectivity index (χ0v) is 21.3. The molecule has 190 valence electrons. The molecule has 2 amide bonds. The van der Waals surface area contributed by atoms with E-state index in [9.17, 15) is 9.59 Å². The van der Waals surface area contributed by atoms with Crippen LogP contribution in [-0.2, 0) is 29.0 Å². The van der Waals surface area contributed by atoms with Gasteiger partial charge in [0.25, 0.3) is 0 Å². The molecule has 0 unspecified atom stereocenters. The second kappa shape index (κ2) is 11.7. The molecule has 1 saturated carbocycles. The molecule has 6 nitrogen and oxygen atoms in total. The Morgan fingerprint density at radius 2 is 1.72 bits per heavy atom. The Bertz CT molecular complexity index is 1190. The molecule has 2 aromatic carbocycles. The number of rotatable bonds is 9. The number of benzene rings is 2. The van der Waals surface area contributed by atoms with Gasteiger partial charge in [0.1, 0.15) is 12.4 Å². The zero-order chi connectivity index (χ0) is 24.7. The number of hydrogen-bond donors (Lipinski definition) is 1. The molecule has 0 radical (unpaired) electrons. The van der Waals surface area contributed by atoms with Crippen molar-refractivity contribution in [3.8, 4) is 0 Å². The summed E-state index contributed by atoms with van der Waals surface area (Å²) in [6.45, 7) is 1.82. The number of amides is 2. The van der Waals surface area contributed by atoms with Crippen LogP contribution in [0.1, 0.15) is 69.2 Å². The van der Waals surface area contributed by atoms with E-state index in [0.717, 1.165) is 87.0 Å². The van der Waals surface area contributed by atoms with Crippen molar-refractivity contribution in [2.75, 3.05) is 18.0 Å². The van der Waals surface area contributed by atoms with E-state index in [2.05, 4.69) is 34.1 Å². The lowest BCUT2D eigenvalue weighted by Crippen LogP contribution is -2.38. The smallest absolute Gasteiger partial charge is 0.246 e. The Morgan fingerprint density at radius 1 is 0.917 bits per heavy atom. The normalized spacial score (nSPS) is 16.2. The van der Waals surface area contributed by atoms with Gasteiger partial charge in [-0.2, -0.15) is 0 Å². The third-order valence-corrected chi connectivity index (χ3v) is 7.79. The second-order valence-electron chi connectivity index (χ2n) is 10.3. The summed E-state index contributed by atoms with van der Waals surface area (Å²) in [7, 11) is 0. The molecule has 1 aliphatic carbocycles. The van der Waals surface area contributed by atoms with Gasteiger partial charge in [0.15, 0.2) is 0 Å². The minimum absolute atomic E-state index is 0.122. The number of carbonyl (C=O) groups is 2. The number of nitrogens with one attached hydrogen (secondary N) is 1. The van der Waals surface area contributed by atoms with E-state index >= 15 is 0 Å². The SMILES string of the molecule is O=C(NCCCCCc1nc2ccccc2n1CC(=O)N1CCCc2ccccc21)C1CCCCC1. The van der Waals surface area contributed by atoms with Crippen molar-refractivity contribution in [1.29, 1.82) is 0 Å². The first-order valence-corrected chi connectivity index (χ1v) is 13.8. The van der Waals surface area contributed by atoms with Crippen LogP contribution in [0.25, 0.3) is 11.0 Å². The highest BCUT2D eigenvalue weighted by Crippen LogP contribution is 2.28. The van der Waals surface area contributed by atoms with Gasteiger partial charge in [0.2, 0.25) is 11.8 Å². The van der Waals surface area contributed by atoms with E-state index in [4.69, 9.17) is 4.98 Å². The number of carbonyl (C=O) groups excluding carboxylic acids is 2. The molecule has 6 heteroatoms. The summed E-state index contributed by atoms with van der Waals surface area (Å²) >= 11 is 0. The molecular formula is C30H38N4O2. The number of aromatic nitrogens is 2. The largest absolute Gasteiger partial charge is 0.356 e. The maximum absolute atomic E-state index is 13.5. The van der Waals surface area contributed by atoms with Crippen LogP contribution in [0, 0.1) is 5.92 Å². The molecule has 5 rings (SSSR count). The number of unbranched alkanes of at least 4 members (excludes halogenated alkanes) is 2. The van der Waals surface area contributed by atoms with E-state index in [1.807, 2.05) is 29.2 Å². The summed E-state index contributed by atoms with van der Waals surface area (Å²) < 4.78 is 2.11. The molecule has 0 atom stereocenters. The van der Waals surface area contributed by atoms with Gasteiger partial charge in [0.05, 0.1) is 11.0 Å². The number of anilines is 1. The van der Waals surface area contributed by atoms with Gasteiger partial charge in [-0.3, -0.25) is 9.59 Å². The number of para-hydroxylation sites is 3. The minimum atomic E-state index is 0.122. The van der Waals surface area contributed by atoms with Crippen LogP contribution in [0.2, 0.25) is 0 Å². The van der Waals surface area contributed by atoms with Gasteiger partial charge in [-0.15, -0.1) is 0 Å². The molecule has 3 aromatic rings. The van der Waals surface area contributed by atoms with Crippen molar-refractivity contribution >= 4 is 28.5 Å². The highest BCUT2D eigenvalue weighted by Gasteiger charge is 2.24. The first-order valence-electron chi connectivity index (χ1n) is 13.8. The van der Waals surface area contributed by atoms with Crippen molar-refractivity contribution < 1.29 is 9.59 Å². The summed E-state index contributed by atoms with van der Waals surface area (Å²) in [5.41, 5.74) is 4.27. The van der Waals surface area contributed by atoms with Crippen molar-refractivity contribution in [2.24, 2.45) is 5.92 Å². The number of nitrogens with zero attached hydrogens (tertiary/aromatic N) is 3. The van der Waals surface area contributed by atoms with E-state index < -0.39 is 0 Å². The van der Waals surface area contributed by atoms with Crippen LogP contribution >= 0.6 is 0 Å². The summed E-state index contributed by atoms with van der Waals surface area (Å²) in [5.74, 6) is 1.57. The number of fused-ring (bicyclic) bond motifs is 2. The molecular weight excluding hydrogens is 448 g/mol. The summed E-state index contributed by atoms with van der Waals surface area (Å²) in [6.07, 6.45) is 11.6. The molecule has 1 fully saturated rings. The molecule has 36 heavy (non-hydrogen) atoms. The van der Waals surface area contributed by atoms with Crippen molar-refractivity contribution in [3.63, 3.8) is 0 Å². The summed E-state index contributed by atoms with van der Waals surface area (Å²) in [6, 6.07) is 16.4. The molecule has 2 aliphatic rings. The lowest BCUT2D eigenvalue weighted by Gasteiger charge is -2.29. The van der Waals surface area contributed by atoms with Crippen LogP contribution < -0.4 is 10.2 Å². The minimum Gasteiger partial charge on any atom is -0.356 e. The molecule has 1 aromatic heterocycles. The lowest BCUT2D eigenvalue weighted by atomic mass is 9.89. The molecule has 0 saturated heterocycles. The maximum Gasteiger partial charge on any atom is 0.246 e. The van der Waals surface area contributed by atoms with E-state index in [1.165, 1.54) is 24.8 Å². The Balaban J connectivity index is 1.18.